The number of carbonyl (C=O) groups is 1. The van der Waals surface area contributed by atoms with Crippen LogP contribution in [0.25, 0.3) is 33.6 Å². The molecular weight excluding hydrogens is 629 g/mol. The second-order valence-corrected chi connectivity index (χ2v) is 12.1. The maximum atomic E-state index is 11.5. The number of ether oxygens (including phenoxy) is 2. The van der Waals surface area contributed by atoms with Crippen LogP contribution in [0.15, 0.2) is 48.8 Å². The third-order valence-corrected chi connectivity index (χ3v) is 9.12. The molecule has 0 radical (unpaired) electrons. The van der Waals surface area contributed by atoms with Crippen LogP contribution in [0.1, 0.15) is 30.7 Å². The van der Waals surface area contributed by atoms with E-state index in [0.717, 1.165) is 24.0 Å². The van der Waals surface area contributed by atoms with Crippen LogP contribution in [0.2, 0.25) is 10.0 Å². The molecule has 1 aliphatic carbocycles. The number of aliphatic hydroxyl groups excluding tert-OH is 1. The molecule has 11 nitrogen and oxygen atoms in total. The van der Waals surface area contributed by atoms with E-state index in [1.165, 1.54) is 0 Å². The van der Waals surface area contributed by atoms with Crippen molar-refractivity contribution >= 4 is 29.1 Å². The topological polar surface area (TPSA) is 143 Å². The molecular formula is C33H35Cl2N7O4. The minimum Gasteiger partial charge on any atom is -0.480 e. The zero-order valence-corrected chi connectivity index (χ0v) is 27.0. The number of benzene rings is 2. The Labute approximate surface area is 277 Å². The highest BCUT2D eigenvalue weighted by molar-refractivity contribution is 6.39. The van der Waals surface area contributed by atoms with Crippen molar-refractivity contribution in [2.45, 2.75) is 44.4 Å². The SMILES string of the molecule is COc1nc(-c2cccc(-c3cccc(-c4cnc(CN[C@@H]5C[C@H]5CO)c(OC)n4)c3Cl)c2Cl)cnc1CNC[C@@H]1CCC(=O)N1. The molecule has 1 saturated carbocycles. The van der Waals surface area contributed by atoms with Crippen molar-refractivity contribution in [3.8, 4) is 45.4 Å². The number of aromatic nitrogens is 4. The molecule has 46 heavy (non-hydrogen) atoms. The van der Waals surface area contributed by atoms with Gasteiger partial charge in [0.2, 0.25) is 17.7 Å². The highest BCUT2D eigenvalue weighted by atomic mass is 35.5. The Morgan fingerprint density at radius 1 is 0.891 bits per heavy atom. The van der Waals surface area contributed by atoms with E-state index >= 15 is 0 Å². The Morgan fingerprint density at radius 2 is 1.46 bits per heavy atom. The van der Waals surface area contributed by atoms with E-state index in [1.54, 1.807) is 26.6 Å². The molecule has 13 heteroatoms. The van der Waals surface area contributed by atoms with Gasteiger partial charge in [-0.05, 0) is 18.8 Å². The van der Waals surface area contributed by atoms with Crippen molar-refractivity contribution in [1.82, 2.24) is 35.9 Å². The first-order chi connectivity index (χ1) is 22.4. The minimum absolute atomic E-state index is 0.0825. The Morgan fingerprint density at radius 3 is 1.96 bits per heavy atom. The van der Waals surface area contributed by atoms with Crippen LogP contribution < -0.4 is 25.4 Å². The lowest BCUT2D eigenvalue weighted by Gasteiger charge is -2.15. The molecule has 0 spiro atoms. The first kappa shape index (κ1) is 32.1. The molecule has 6 rings (SSSR count). The van der Waals surface area contributed by atoms with Gasteiger partial charge in [-0.15, -0.1) is 0 Å². The van der Waals surface area contributed by atoms with Crippen LogP contribution in [-0.2, 0) is 17.9 Å². The standard InChI is InChI=1S/C33H35Cl2N7O4/c1-45-32-27(13-36-12-19-9-10-29(44)40-19)38-14-25(41-32)22-7-3-5-20(30(22)34)21-6-4-8-23(31(21)35)26-15-39-28(33(42-26)46-2)16-37-24-11-18(24)17-43/h3-8,14-15,18-19,24,36-37,43H,9-13,16-17H2,1-2H3,(H,40,44)/t18-,19-,24+/m0/s1. The number of nitrogens with one attached hydrogen (secondary N) is 3. The summed E-state index contributed by atoms with van der Waals surface area (Å²) in [7, 11) is 3.12. The summed E-state index contributed by atoms with van der Waals surface area (Å²) in [5.74, 6) is 1.17. The summed E-state index contributed by atoms with van der Waals surface area (Å²) in [6, 6.07) is 11.7. The van der Waals surface area contributed by atoms with Gasteiger partial charge in [0.1, 0.15) is 11.4 Å². The molecule has 3 heterocycles. The van der Waals surface area contributed by atoms with E-state index in [9.17, 15) is 9.90 Å². The maximum Gasteiger partial charge on any atom is 0.237 e. The Bertz CT molecular complexity index is 1740. The summed E-state index contributed by atoms with van der Waals surface area (Å²) in [5.41, 5.74) is 5.26. The average Bonchev–Trinajstić information content (AvgIpc) is 3.73. The molecule has 1 aliphatic heterocycles. The lowest BCUT2D eigenvalue weighted by atomic mass is 9.98. The molecule has 2 aromatic carbocycles. The number of amides is 1. The average molecular weight is 665 g/mol. The van der Waals surface area contributed by atoms with Gasteiger partial charge in [0.25, 0.3) is 0 Å². The summed E-state index contributed by atoms with van der Waals surface area (Å²) in [6.45, 7) is 1.74. The predicted molar refractivity (Wildman–Crippen MR) is 176 cm³/mol. The largest absolute Gasteiger partial charge is 0.480 e. The van der Waals surface area contributed by atoms with E-state index in [0.29, 0.717) is 87.7 Å². The molecule has 0 bridgehead atoms. The molecule has 4 N–H and O–H groups in total. The van der Waals surface area contributed by atoms with Crippen molar-refractivity contribution in [2.75, 3.05) is 27.4 Å². The van der Waals surface area contributed by atoms with Crippen LogP contribution in [0, 0.1) is 5.92 Å². The zero-order chi connectivity index (χ0) is 32.2. The van der Waals surface area contributed by atoms with Crippen molar-refractivity contribution in [3.05, 3.63) is 70.2 Å². The van der Waals surface area contributed by atoms with Gasteiger partial charge in [0.15, 0.2) is 0 Å². The number of carbonyl (C=O) groups excluding carboxylic acids is 1. The number of hydrogen-bond acceptors (Lipinski definition) is 10. The van der Waals surface area contributed by atoms with Crippen LogP contribution in [0.5, 0.6) is 11.8 Å². The van der Waals surface area contributed by atoms with Gasteiger partial charge in [-0.2, -0.15) is 0 Å². The van der Waals surface area contributed by atoms with Gasteiger partial charge < -0.3 is 30.5 Å². The highest BCUT2D eigenvalue weighted by Crippen LogP contribution is 2.42. The van der Waals surface area contributed by atoms with Crippen LogP contribution in [0.4, 0.5) is 0 Å². The number of methoxy groups -OCH3 is 2. The van der Waals surface area contributed by atoms with Gasteiger partial charge in [-0.3, -0.25) is 14.8 Å². The molecule has 1 saturated heterocycles. The quantitative estimate of drug-likeness (QED) is 0.162. The van der Waals surface area contributed by atoms with E-state index in [-0.39, 0.29) is 24.6 Å². The summed E-state index contributed by atoms with van der Waals surface area (Å²) in [4.78, 5) is 30.1. The number of rotatable bonds is 13. The number of nitrogens with zero attached hydrogens (tertiary/aromatic N) is 4. The molecule has 0 unspecified atom stereocenters. The number of halogens is 2. The Kier molecular flexibility index (Phi) is 9.95. The van der Waals surface area contributed by atoms with Crippen molar-refractivity contribution in [3.63, 3.8) is 0 Å². The third kappa shape index (κ3) is 6.93. The van der Waals surface area contributed by atoms with Crippen molar-refractivity contribution in [1.29, 1.82) is 0 Å². The van der Waals surface area contributed by atoms with E-state index in [1.807, 2.05) is 36.4 Å². The molecule has 4 aromatic rings. The van der Waals surface area contributed by atoms with Crippen LogP contribution in [-0.4, -0.2) is 70.4 Å². The Hall–Kier alpha value is -3.87. The summed E-state index contributed by atoms with van der Waals surface area (Å²) in [6.07, 6.45) is 5.67. The lowest BCUT2D eigenvalue weighted by Crippen LogP contribution is -2.35. The summed E-state index contributed by atoms with van der Waals surface area (Å²) < 4.78 is 11.1. The second-order valence-electron chi connectivity index (χ2n) is 11.4. The fourth-order valence-electron chi connectivity index (χ4n) is 5.62. The molecule has 2 fully saturated rings. The third-order valence-electron chi connectivity index (χ3n) is 8.31. The van der Waals surface area contributed by atoms with E-state index in [2.05, 4.69) is 25.9 Å². The fraction of sp³-hybridized carbons (Fsp3) is 0.364. The first-order valence-electron chi connectivity index (χ1n) is 15.1. The van der Waals surface area contributed by atoms with Crippen molar-refractivity contribution < 1.29 is 19.4 Å². The number of aliphatic hydroxyl groups is 1. The van der Waals surface area contributed by atoms with Crippen LogP contribution >= 0.6 is 23.2 Å². The second kappa shape index (κ2) is 14.3. The predicted octanol–water partition coefficient (Wildman–Crippen LogP) is 4.43. The fourth-order valence-corrected chi connectivity index (χ4v) is 6.27. The van der Waals surface area contributed by atoms with E-state index in [4.69, 9.17) is 42.6 Å². The molecule has 3 atom stereocenters. The normalized spacial score (nSPS) is 18.8. The number of hydrogen-bond donors (Lipinski definition) is 4. The molecule has 240 valence electrons. The van der Waals surface area contributed by atoms with Gasteiger partial charge in [0, 0.05) is 67.0 Å². The summed E-state index contributed by atoms with van der Waals surface area (Å²) >= 11 is 14.0. The monoisotopic (exact) mass is 663 g/mol. The molecule has 2 aliphatic rings. The van der Waals surface area contributed by atoms with Gasteiger partial charge >= 0.3 is 0 Å². The van der Waals surface area contributed by atoms with Crippen molar-refractivity contribution in [2.24, 2.45) is 5.92 Å². The molecule has 2 aromatic heterocycles. The Balaban J connectivity index is 1.23. The maximum absolute atomic E-state index is 11.5. The highest BCUT2D eigenvalue weighted by Gasteiger charge is 2.36. The molecule has 1 amide bonds. The minimum atomic E-state index is 0.0825. The lowest BCUT2D eigenvalue weighted by molar-refractivity contribution is -0.119. The zero-order valence-electron chi connectivity index (χ0n) is 25.5. The smallest absolute Gasteiger partial charge is 0.237 e. The van der Waals surface area contributed by atoms with Gasteiger partial charge in [-0.1, -0.05) is 59.6 Å². The van der Waals surface area contributed by atoms with Gasteiger partial charge in [0.05, 0.1) is 48.0 Å². The van der Waals surface area contributed by atoms with Crippen LogP contribution in [0.3, 0.4) is 0 Å². The first-order valence-corrected chi connectivity index (χ1v) is 15.9. The van der Waals surface area contributed by atoms with Gasteiger partial charge in [-0.25, -0.2) is 9.97 Å². The summed E-state index contributed by atoms with van der Waals surface area (Å²) in [5, 5.41) is 19.9. The van der Waals surface area contributed by atoms with E-state index < -0.39 is 0 Å².